The van der Waals surface area contributed by atoms with Crippen LogP contribution in [0.15, 0.2) is 36.4 Å². The second kappa shape index (κ2) is 9.83. The number of carbonyl (C=O) groups is 1. The summed E-state index contributed by atoms with van der Waals surface area (Å²) in [6.07, 6.45) is 3.70. The van der Waals surface area contributed by atoms with Gasteiger partial charge in [-0.1, -0.05) is 44.0 Å². The highest BCUT2D eigenvalue weighted by molar-refractivity contribution is 6.54. The molecule has 0 saturated carbocycles. The van der Waals surface area contributed by atoms with Gasteiger partial charge in [-0.3, -0.25) is 4.79 Å². The van der Waals surface area contributed by atoms with Crippen molar-refractivity contribution in [2.24, 2.45) is 5.92 Å². The number of nitrogens with two attached hydrogens (primary N) is 1. The smallest absolute Gasteiger partial charge is 0.309 e. The van der Waals surface area contributed by atoms with E-state index in [0.29, 0.717) is 18.7 Å². The van der Waals surface area contributed by atoms with E-state index in [2.05, 4.69) is 19.1 Å². The standard InChI is InChI=1S/C23H29NO4Si/c1-3-4-9-29-22-13-16(6-8-21(22)27-2)18-12-17(23(26)28-14-18)10-15-5-7-20(25)19(24)11-15/h5-8,11,13,17-18,25H,3-4,9-10,12,14,24H2,1-2H3/t17?,18-/m1/s1. The summed E-state index contributed by atoms with van der Waals surface area (Å²) in [6.45, 7) is 2.62. The fourth-order valence-corrected chi connectivity index (χ4v) is 5.17. The van der Waals surface area contributed by atoms with Crippen LogP contribution in [0.5, 0.6) is 11.5 Å². The molecule has 6 heteroatoms. The van der Waals surface area contributed by atoms with Crippen molar-refractivity contribution in [2.45, 2.75) is 44.6 Å². The predicted octanol–water partition coefficient (Wildman–Crippen LogP) is 3.42. The zero-order valence-corrected chi connectivity index (χ0v) is 18.1. The molecule has 5 nitrogen and oxygen atoms in total. The number of anilines is 1. The molecular weight excluding hydrogens is 382 g/mol. The Kier molecular flexibility index (Phi) is 7.20. The second-order valence-corrected chi connectivity index (χ2v) is 8.99. The van der Waals surface area contributed by atoms with Gasteiger partial charge in [0.25, 0.3) is 0 Å². The maximum atomic E-state index is 12.3. The van der Waals surface area contributed by atoms with E-state index in [-0.39, 0.29) is 23.6 Å². The molecule has 29 heavy (non-hydrogen) atoms. The summed E-state index contributed by atoms with van der Waals surface area (Å²) in [6, 6.07) is 12.6. The van der Waals surface area contributed by atoms with Crippen molar-refractivity contribution < 1.29 is 19.4 Å². The summed E-state index contributed by atoms with van der Waals surface area (Å²) in [5.74, 6) is 0.796. The van der Waals surface area contributed by atoms with Crippen LogP contribution in [0.4, 0.5) is 5.69 Å². The Morgan fingerprint density at radius 3 is 2.83 bits per heavy atom. The van der Waals surface area contributed by atoms with E-state index in [0.717, 1.165) is 27.3 Å². The minimum absolute atomic E-state index is 0.0625. The number of ether oxygens (including phenoxy) is 2. The summed E-state index contributed by atoms with van der Waals surface area (Å²) >= 11 is 0. The zero-order chi connectivity index (χ0) is 20.8. The molecule has 2 radical (unpaired) electrons. The van der Waals surface area contributed by atoms with Crippen LogP contribution >= 0.6 is 0 Å². The van der Waals surface area contributed by atoms with Crippen molar-refractivity contribution in [3.05, 3.63) is 47.5 Å². The normalized spacial score (nSPS) is 19.0. The Morgan fingerprint density at radius 2 is 2.10 bits per heavy atom. The van der Waals surface area contributed by atoms with E-state index in [1.54, 1.807) is 19.2 Å². The third-order valence-corrected chi connectivity index (χ3v) is 6.82. The first-order valence-electron chi connectivity index (χ1n) is 10.2. The van der Waals surface area contributed by atoms with E-state index in [1.165, 1.54) is 29.6 Å². The number of aromatic hydroxyl groups is 1. The lowest BCUT2D eigenvalue weighted by atomic mass is 9.84. The van der Waals surface area contributed by atoms with Crippen LogP contribution in [0.3, 0.4) is 0 Å². The molecule has 0 spiro atoms. The molecular formula is C23H29NO4Si. The number of cyclic esters (lactones) is 1. The Labute approximate surface area is 175 Å². The fraction of sp³-hybridized carbons (Fsp3) is 0.435. The van der Waals surface area contributed by atoms with Crippen LogP contribution in [0.2, 0.25) is 6.04 Å². The molecule has 1 fully saturated rings. The highest BCUT2D eigenvalue weighted by Crippen LogP contribution is 2.33. The number of rotatable bonds is 8. The molecule has 0 aliphatic carbocycles. The molecule has 2 atom stereocenters. The summed E-state index contributed by atoms with van der Waals surface area (Å²) in [5.41, 5.74) is 8.26. The minimum Gasteiger partial charge on any atom is -0.506 e. The van der Waals surface area contributed by atoms with Gasteiger partial charge in [-0.15, -0.1) is 0 Å². The third-order valence-electron chi connectivity index (χ3n) is 5.44. The van der Waals surface area contributed by atoms with Gasteiger partial charge in [0.1, 0.15) is 11.5 Å². The minimum atomic E-state index is -0.217. The van der Waals surface area contributed by atoms with E-state index in [9.17, 15) is 9.90 Å². The van der Waals surface area contributed by atoms with Gasteiger partial charge in [0.15, 0.2) is 0 Å². The van der Waals surface area contributed by atoms with Crippen LogP contribution in [-0.2, 0) is 16.0 Å². The van der Waals surface area contributed by atoms with Gasteiger partial charge in [0.05, 0.1) is 34.8 Å². The fourth-order valence-electron chi connectivity index (χ4n) is 3.74. The molecule has 1 aliphatic heterocycles. The average molecular weight is 412 g/mol. The topological polar surface area (TPSA) is 81.8 Å². The molecule has 3 rings (SSSR count). The number of unbranched alkanes of at least 4 members (excludes halogenated alkanes) is 1. The SMILES string of the molecule is CCCC[Si]c1cc([C@H]2COC(=O)C(Cc3ccc(O)c(N)c3)C2)ccc1OC. The lowest BCUT2D eigenvalue weighted by Gasteiger charge is -2.29. The van der Waals surface area contributed by atoms with E-state index < -0.39 is 0 Å². The van der Waals surface area contributed by atoms with Gasteiger partial charge in [-0.2, -0.15) is 0 Å². The monoisotopic (exact) mass is 411 g/mol. The van der Waals surface area contributed by atoms with Gasteiger partial charge in [0.2, 0.25) is 0 Å². The summed E-state index contributed by atoms with van der Waals surface area (Å²) in [7, 11) is 2.43. The van der Waals surface area contributed by atoms with Crippen LogP contribution in [0.25, 0.3) is 0 Å². The van der Waals surface area contributed by atoms with Crippen LogP contribution < -0.4 is 15.7 Å². The van der Waals surface area contributed by atoms with Crippen molar-refractivity contribution in [1.29, 1.82) is 0 Å². The summed E-state index contributed by atoms with van der Waals surface area (Å²) in [5, 5.41) is 10.9. The Hall–Kier alpha value is -2.47. The second-order valence-electron chi connectivity index (χ2n) is 7.60. The molecule has 1 heterocycles. The molecule has 2 aromatic carbocycles. The number of esters is 1. The number of phenols is 1. The van der Waals surface area contributed by atoms with Crippen LogP contribution in [0.1, 0.15) is 43.2 Å². The number of hydrogen-bond donors (Lipinski definition) is 2. The summed E-state index contributed by atoms with van der Waals surface area (Å²) < 4.78 is 11.1. The summed E-state index contributed by atoms with van der Waals surface area (Å²) in [4.78, 5) is 12.3. The molecule has 1 aliphatic rings. The lowest BCUT2D eigenvalue weighted by Crippen LogP contribution is -2.31. The Morgan fingerprint density at radius 1 is 1.28 bits per heavy atom. The molecule has 2 aromatic rings. The number of nitrogen functional groups attached to an aromatic ring is 1. The first-order valence-corrected chi connectivity index (χ1v) is 11.4. The third kappa shape index (κ3) is 5.32. The van der Waals surface area contributed by atoms with E-state index in [1.807, 2.05) is 12.1 Å². The zero-order valence-electron chi connectivity index (χ0n) is 17.1. The van der Waals surface area contributed by atoms with Crippen LogP contribution in [-0.4, -0.2) is 34.3 Å². The van der Waals surface area contributed by atoms with Crippen LogP contribution in [0, 0.1) is 5.92 Å². The molecule has 0 bridgehead atoms. The molecule has 0 amide bonds. The largest absolute Gasteiger partial charge is 0.506 e. The lowest BCUT2D eigenvalue weighted by molar-refractivity contribution is -0.154. The number of benzene rings is 2. The van der Waals surface area contributed by atoms with Crippen molar-refractivity contribution in [1.82, 2.24) is 0 Å². The number of phenolic OH excluding ortho intramolecular Hbond substituents is 1. The molecule has 0 aromatic heterocycles. The van der Waals surface area contributed by atoms with Gasteiger partial charge in [-0.25, -0.2) is 0 Å². The molecule has 1 unspecified atom stereocenters. The number of methoxy groups -OCH3 is 1. The van der Waals surface area contributed by atoms with Crippen molar-refractivity contribution >= 4 is 26.4 Å². The van der Waals surface area contributed by atoms with Gasteiger partial charge >= 0.3 is 5.97 Å². The van der Waals surface area contributed by atoms with Crippen molar-refractivity contribution in [2.75, 3.05) is 19.5 Å². The maximum Gasteiger partial charge on any atom is 0.309 e. The van der Waals surface area contributed by atoms with Gasteiger partial charge < -0.3 is 20.3 Å². The van der Waals surface area contributed by atoms with Crippen molar-refractivity contribution in [3.8, 4) is 11.5 Å². The van der Waals surface area contributed by atoms with Gasteiger partial charge in [0, 0.05) is 5.92 Å². The predicted molar refractivity (Wildman–Crippen MR) is 116 cm³/mol. The number of hydrogen-bond acceptors (Lipinski definition) is 5. The molecule has 1 saturated heterocycles. The first kappa shape index (κ1) is 21.2. The number of carbonyl (C=O) groups excluding carboxylic acids is 1. The van der Waals surface area contributed by atoms with Crippen molar-refractivity contribution in [3.63, 3.8) is 0 Å². The Bertz CT molecular complexity index is 855. The van der Waals surface area contributed by atoms with E-state index >= 15 is 0 Å². The maximum absolute atomic E-state index is 12.3. The quantitative estimate of drug-likeness (QED) is 0.229. The highest BCUT2D eigenvalue weighted by Gasteiger charge is 2.31. The van der Waals surface area contributed by atoms with E-state index in [4.69, 9.17) is 15.2 Å². The highest BCUT2D eigenvalue weighted by atomic mass is 28.2. The molecule has 3 N–H and O–H groups in total. The van der Waals surface area contributed by atoms with Gasteiger partial charge in [-0.05, 0) is 47.4 Å². The first-order chi connectivity index (χ1) is 14.0. The Balaban J connectivity index is 1.74. The average Bonchev–Trinajstić information content (AvgIpc) is 2.72. The molecule has 154 valence electrons.